The van der Waals surface area contributed by atoms with Crippen LogP contribution in [-0.2, 0) is 0 Å². The van der Waals surface area contributed by atoms with Gasteiger partial charge >= 0.3 is 0 Å². The molecule has 0 saturated carbocycles. The molecule has 0 spiro atoms. The molecular weight excluding hydrogens is 266 g/mol. The Kier molecular flexibility index (Phi) is 4.06. The Balaban J connectivity index is 1.72. The minimum Gasteiger partial charge on any atom is -0.378 e. The third kappa shape index (κ3) is 2.88. The lowest BCUT2D eigenvalue weighted by atomic mass is 9.84. The van der Waals surface area contributed by atoms with Gasteiger partial charge in [0.05, 0.1) is 0 Å². The van der Waals surface area contributed by atoms with Crippen molar-refractivity contribution in [3.05, 3.63) is 29.8 Å². The lowest BCUT2D eigenvalue weighted by molar-refractivity contribution is 0.0896. The van der Waals surface area contributed by atoms with E-state index in [1.165, 1.54) is 19.3 Å². The number of rotatable bonds is 3. The van der Waals surface area contributed by atoms with Gasteiger partial charge in [-0.1, -0.05) is 6.42 Å². The maximum atomic E-state index is 12.7. The quantitative estimate of drug-likeness (QED) is 0.784. The summed E-state index contributed by atoms with van der Waals surface area (Å²) in [5.74, 6) is 0.629. The standard InChI is InChI=1S/C17H23NOS/c1-18(2)14-8-6-12(7-9-14)17(19)13-10-15-4-3-5-16(11-13)20-15/h6-9,13,15-16H,3-5,10-11H2,1-2H3. The number of fused-ring (bicyclic) bond motifs is 2. The van der Waals surface area contributed by atoms with Gasteiger partial charge in [-0.15, -0.1) is 0 Å². The van der Waals surface area contributed by atoms with Crippen LogP contribution in [-0.4, -0.2) is 30.4 Å². The Hall–Kier alpha value is -0.960. The average molecular weight is 289 g/mol. The highest BCUT2D eigenvalue weighted by Gasteiger charge is 2.35. The summed E-state index contributed by atoms with van der Waals surface area (Å²) in [6, 6.07) is 8.08. The number of carbonyl (C=O) groups excluding carboxylic acids is 1. The molecular formula is C17H23NOS. The molecule has 0 aliphatic carbocycles. The molecule has 2 saturated heterocycles. The number of thioether (sulfide) groups is 1. The monoisotopic (exact) mass is 289 g/mol. The van der Waals surface area contributed by atoms with Crippen LogP contribution in [0, 0.1) is 5.92 Å². The maximum Gasteiger partial charge on any atom is 0.166 e. The van der Waals surface area contributed by atoms with E-state index in [1.807, 2.05) is 38.4 Å². The SMILES string of the molecule is CN(C)c1ccc(C(=O)C2CC3CCCC(C2)S3)cc1. The lowest BCUT2D eigenvalue weighted by Gasteiger charge is -2.38. The van der Waals surface area contributed by atoms with E-state index >= 15 is 0 Å². The zero-order chi connectivity index (χ0) is 14.1. The Morgan fingerprint density at radius 3 is 2.25 bits per heavy atom. The summed E-state index contributed by atoms with van der Waals surface area (Å²) in [6.07, 6.45) is 6.17. The van der Waals surface area contributed by atoms with Crippen molar-refractivity contribution in [2.45, 2.75) is 42.6 Å². The molecule has 1 aromatic rings. The van der Waals surface area contributed by atoms with Crippen molar-refractivity contribution in [1.29, 1.82) is 0 Å². The molecule has 1 aromatic carbocycles. The fourth-order valence-corrected chi connectivity index (χ4v) is 5.27. The van der Waals surface area contributed by atoms with E-state index in [2.05, 4.69) is 16.7 Å². The number of anilines is 1. The molecule has 2 atom stereocenters. The average Bonchev–Trinajstić information content (AvgIpc) is 2.46. The molecule has 0 radical (unpaired) electrons. The van der Waals surface area contributed by atoms with Crippen molar-refractivity contribution >= 4 is 23.2 Å². The molecule has 0 amide bonds. The van der Waals surface area contributed by atoms with Gasteiger partial charge in [-0.3, -0.25) is 4.79 Å². The summed E-state index contributed by atoms with van der Waals surface area (Å²) < 4.78 is 0. The molecule has 108 valence electrons. The van der Waals surface area contributed by atoms with Gasteiger partial charge in [0, 0.05) is 41.8 Å². The van der Waals surface area contributed by atoms with Crippen LogP contribution in [0.25, 0.3) is 0 Å². The minimum absolute atomic E-state index is 0.261. The molecule has 3 heteroatoms. The molecule has 2 nitrogen and oxygen atoms in total. The highest BCUT2D eigenvalue weighted by atomic mass is 32.2. The number of hydrogen-bond donors (Lipinski definition) is 0. The van der Waals surface area contributed by atoms with E-state index in [9.17, 15) is 4.79 Å². The van der Waals surface area contributed by atoms with Crippen molar-refractivity contribution < 1.29 is 4.79 Å². The second-order valence-electron chi connectivity index (χ2n) is 6.28. The van der Waals surface area contributed by atoms with Crippen LogP contribution in [0.3, 0.4) is 0 Å². The molecule has 2 bridgehead atoms. The Morgan fingerprint density at radius 2 is 1.70 bits per heavy atom. The van der Waals surface area contributed by atoms with Crippen LogP contribution in [0.4, 0.5) is 5.69 Å². The van der Waals surface area contributed by atoms with Crippen molar-refractivity contribution in [1.82, 2.24) is 0 Å². The smallest absolute Gasteiger partial charge is 0.166 e. The van der Waals surface area contributed by atoms with E-state index in [4.69, 9.17) is 0 Å². The highest BCUT2D eigenvalue weighted by molar-refractivity contribution is 8.00. The molecule has 2 unspecified atom stereocenters. The predicted octanol–water partition coefficient (Wildman–Crippen LogP) is 4.00. The lowest BCUT2D eigenvalue weighted by Crippen LogP contribution is -2.32. The number of benzene rings is 1. The third-order valence-corrected chi connectivity index (χ3v) is 6.20. The van der Waals surface area contributed by atoms with Crippen LogP contribution >= 0.6 is 11.8 Å². The summed E-state index contributed by atoms with van der Waals surface area (Å²) in [6.45, 7) is 0. The number of hydrogen-bond acceptors (Lipinski definition) is 3. The zero-order valence-corrected chi connectivity index (χ0v) is 13.2. The third-order valence-electron chi connectivity index (χ3n) is 4.57. The second-order valence-corrected chi connectivity index (χ2v) is 7.89. The largest absolute Gasteiger partial charge is 0.378 e. The Bertz CT molecular complexity index is 470. The zero-order valence-electron chi connectivity index (χ0n) is 12.3. The topological polar surface area (TPSA) is 20.3 Å². The first-order chi connectivity index (χ1) is 9.63. The molecule has 2 aliphatic rings. The van der Waals surface area contributed by atoms with Crippen LogP contribution in [0.5, 0.6) is 0 Å². The van der Waals surface area contributed by atoms with Gasteiger partial charge in [-0.2, -0.15) is 11.8 Å². The highest BCUT2D eigenvalue weighted by Crippen LogP contribution is 2.44. The normalized spacial score (nSPS) is 29.0. The van der Waals surface area contributed by atoms with E-state index in [-0.39, 0.29) is 5.92 Å². The number of carbonyl (C=O) groups is 1. The summed E-state index contributed by atoms with van der Waals surface area (Å²) in [5.41, 5.74) is 2.04. The molecule has 0 N–H and O–H groups in total. The summed E-state index contributed by atoms with van der Waals surface area (Å²) >= 11 is 2.14. The van der Waals surface area contributed by atoms with Crippen LogP contribution in [0.1, 0.15) is 42.5 Å². The fraction of sp³-hybridized carbons (Fsp3) is 0.588. The molecule has 2 fully saturated rings. The van der Waals surface area contributed by atoms with Crippen LogP contribution in [0.15, 0.2) is 24.3 Å². The van der Waals surface area contributed by atoms with Gasteiger partial charge in [-0.05, 0) is 49.9 Å². The fourth-order valence-electron chi connectivity index (χ4n) is 3.43. The van der Waals surface area contributed by atoms with Crippen LogP contribution in [0.2, 0.25) is 0 Å². The first-order valence-electron chi connectivity index (χ1n) is 7.60. The van der Waals surface area contributed by atoms with Crippen molar-refractivity contribution in [2.75, 3.05) is 19.0 Å². The maximum absolute atomic E-state index is 12.7. The van der Waals surface area contributed by atoms with E-state index in [0.29, 0.717) is 5.78 Å². The van der Waals surface area contributed by atoms with Crippen molar-refractivity contribution in [3.63, 3.8) is 0 Å². The van der Waals surface area contributed by atoms with E-state index < -0.39 is 0 Å². The summed E-state index contributed by atoms with van der Waals surface area (Å²) in [7, 11) is 4.05. The number of ketones is 1. The van der Waals surface area contributed by atoms with E-state index in [1.54, 1.807) is 0 Å². The first-order valence-corrected chi connectivity index (χ1v) is 8.55. The molecule has 3 rings (SSSR count). The van der Waals surface area contributed by atoms with Gasteiger partial charge < -0.3 is 4.90 Å². The van der Waals surface area contributed by atoms with Gasteiger partial charge in [0.1, 0.15) is 0 Å². The van der Waals surface area contributed by atoms with Crippen molar-refractivity contribution in [2.24, 2.45) is 5.92 Å². The second kappa shape index (κ2) is 5.80. The van der Waals surface area contributed by atoms with Gasteiger partial charge in [0.15, 0.2) is 5.78 Å². The minimum atomic E-state index is 0.261. The van der Waals surface area contributed by atoms with Crippen molar-refractivity contribution in [3.8, 4) is 0 Å². The summed E-state index contributed by atoms with van der Waals surface area (Å²) in [4.78, 5) is 14.8. The van der Waals surface area contributed by atoms with Gasteiger partial charge in [0.2, 0.25) is 0 Å². The molecule has 20 heavy (non-hydrogen) atoms. The molecule has 2 heterocycles. The first kappa shape index (κ1) is 14.0. The number of nitrogens with zero attached hydrogens (tertiary/aromatic N) is 1. The van der Waals surface area contributed by atoms with Gasteiger partial charge in [-0.25, -0.2) is 0 Å². The van der Waals surface area contributed by atoms with Crippen LogP contribution < -0.4 is 4.90 Å². The van der Waals surface area contributed by atoms with E-state index in [0.717, 1.165) is 34.6 Å². The van der Waals surface area contributed by atoms with Gasteiger partial charge in [0.25, 0.3) is 0 Å². The molecule has 2 aliphatic heterocycles. The Labute approximate surface area is 125 Å². The molecule has 0 aromatic heterocycles. The number of Topliss-reactive ketones (excluding diaryl/α,β-unsaturated/α-hetero) is 1. The summed E-state index contributed by atoms with van der Waals surface area (Å²) in [5, 5.41) is 1.47. The predicted molar refractivity (Wildman–Crippen MR) is 86.8 cm³/mol. The Morgan fingerprint density at radius 1 is 1.10 bits per heavy atom.